The number of hydrogen-bond donors (Lipinski definition) is 0. The van der Waals surface area contributed by atoms with Crippen LogP contribution in [0.5, 0.6) is 0 Å². The van der Waals surface area contributed by atoms with Gasteiger partial charge in [0.2, 0.25) is 10.0 Å². The maximum absolute atomic E-state index is 11.6. The summed E-state index contributed by atoms with van der Waals surface area (Å²) in [7, 11) is -2.15. The smallest absolute Gasteiger partial charge is 0.267 e. The molecule has 1 amide bonds. The van der Waals surface area contributed by atoms with Gasteiger partial charge in [-0.15, -0.1) is 0 Å². The van der Waals surface area contributed by atoms with Gasteiger partial charge in [-0.2, -0.15) is 0 Å². The standard InChI is InChI=1S/C9H9NO3S/c1-10-9(11)8-5-3-2-4-7(8)6-14(10,12)13/h2-5H,6H2,1H3. The minimum atomic E-state index is -3.44. The Morgan fingerprint density at radius 1 is 1.29 bits per heavy atom. The van der Waals surface area contributed by atoms with Crippen molar-refractivity contribution in [3.8, 4) is 0 Å². The topological polar surface area (TPSA) is 54.5 Å². The van der Waals surface area contributed by atoms with Crippen LogP contribution in [-0.2, 0) is 15.8 Å². The van der Waals surface area contributed by atoms with E-state index in [1.807, 2.05) is 0 Å². The molecule has 1 heterocycles. The number of benzene rings is 1. The zero-order valence-corrected chi connectivity index (χ0v) is 8.41. The molecule has 1 aromatic carbocycles. The van der Waals surface area contributed by atoms with E-state index < -0.39 is 15.9 Å². The Morgan fingerprint density at radius 3 is 2.64 bits per heavy atom. The molecule has 2 rings (SSSR count). The Labute approximate surface area is 82.2 Å². The molecule has 5 heteroatoms. The van der Waals surface area contributed by atoms with Crippen molar-refractivity contribution in [3.63, 3.8) is 0 Å². The van der Waals surface area contributed by atoms with Crippen LogP contribution in [0.2, 0.25) is 0 Å². The predicted molar refractivity (Wildman–Crippen MR) is 51.2 cm³/mol. The van der Waals surface area contributed by atoms with Crippen LogP contribution >= 0.6 is 0 Å². The Kier molecular flexibility index (Phi) is 1.85. The lowest BCUT2D eigenvalue weighted by molar-refractivity contribution is 0.0878. The molecule has 0 radical (unpaired) electrons. The van der Waals surface area contributed by atoms with Gasteiger partial charge in [0.25, 0.3) is 5.91 Å². The first-order valence-corrected chi connectivity index (χ1v) is 5.72. The van der Waals surface area contributed by atoms with Crippen molar-refractivity contribution in [3.05, 3.63) is 35.4 Å². The van der Waals surface area contributed by atoms with Crippen molar-refractivity contribution in [2.24, 2.45) is 0 Å². The monoisotopic (exact) mass is 211 g/mol. The van der Waals surface area contributed by atoms with Gasteiger partial charge in [0.1, 0.15) is 0 Å². The van der Waals surface area contributed by atoms with Crippen LogP contribution in [-0.4, -0.2) is 25.7 Å². The van der Waals surface area contributed by atoms with Crippen LogP contribution in [0.25, 0.3) is 0 Å². The summed E-state index contributed by atoms with van der Waals surface area (Å²) in [6.07, 6.45) is 0. The van der Waals surface area contributed by atoms with E-state index in [9.17, 15) is 13.2 Å². The largest absolute Gasteiger partial charge is 0.268 e. The first kappa shape index (κ1) is 9.21. The minimum Gasteiger partial charge on any atom is -0.268 e. The molecule has 0 unspecified atom stereocenters. The van der Waals surface area contributed by atoms with Crippen LogP contribution in [0.1, 0.15) is 15.9 Å². The van der Waals surface area contributed by atoms with Gasteiger partial charge in [-0.1, -0.05) is 18.2 Å². The van der Waals surface area contributed by atoms with E-state index >= 15 is 0 Å². The van der Waals surface area contributed by atoms with Crippen LogP contribution in [0.15, 0.2) is 24.3 Å². The molecule has 0 N–H and O–H groups in total. The number of carbonyl (C=O) groups is 1. The summed E-state index contributed by atoms with van der Waals surface area (Å²) in [5.74, 6) is -0.544. The van der Waals surface area contributed by atoms with Gasteiger partial charge >= 0.3 is 0 Å². The maximum atomic E-state index is 11.6. The number of fused-ring (bicyclic) bond motifs is 1. The summed E-state index contributed by atoms with van der Waals surface area (Å²) in [6, 6.07) is 6.76. The Balaban J connectivity index is 2.65. The Hall–Kier alpha value is -1.36. The van der Waals surface area contributed by atoms with Gasteiger partial charge in [-0.3, -0.25) is 4.79 Å². The van der Waals surface area contributed by atoms with E-state index in [4.69, 9.17) is 0 Å². The van der Waals surface area contributed by atoms with Crippen molar-refractivity contribution >= 4 is 15.9 Å². The number of amides is 1. The van der Waals surface area contributed by atoms with Crippen LogP contribution in [0.3, 0.4) is 0 Å². The molecule has 0 aliphatic carbocycles. The zero-order chi connectivity index (χ0) is 10.3. The molecule has 4 nitrogen and oxygen atoms in total. The van der Waals surface area contributed by atoms with Gasteiger partial charge in [-0.25, -0.2) is 12.7 Å². The highest BCUT2D eigenvalue weighted by Crippen LogP contribution is 2.22. The molecule has 0 bridgehead atoms. The summed E-state index contributed by atoms with van der Waals surface area (Å²) in [4.78, 5) is 11.6. The fraction of sp³-hybridized carbons (Fsp3) is 0.222. The first-order valence-electron chi connectivity index (χ1n) is 4.11. The van der Waals surface area contributed by atoms with Crippen molar-refractivity contribution in [1.29, 1.82) is 0 Å². The Bertz CT molecular complexity index is 493. The summed E-state index contributed by atoms with van der Waals surface area (Å²) in [6.45, 7) is 0. The second kappa shape index (κ2) is 2.81. The van der Waals surface area contributed by atoms with Gasteiger partial charge < -0.3 is 0 Å². The van der Waals surface area contributed by atoms with Gasteiger partial charge in [0, 0.05) is 12.6 Å². The van der Waals surface area contributed by atoms with E-state index in [1.165, 1.54) is 7.05 Å². The second-order valence-corrected chi connectivity index (χ2v) is 5.19. The van der Waals surface area contributed by atoms with Crippen molar-refractivity contribution in [2.45, 2.75) is 5.75 Å². The number of carbonyl (C=O) groups excluding carboxylic acids is 1. The minimum absolute atomic E-state index is 0.0919. The highest BCUT2D eigenvalue weighted by molar-refractivity contribution is 7.89. The first-order chi connectivity index (χ1) is 6.52. The van der Waals surface area contributed by atoms with Crippen LogP contribution in [0.4, 0.5) is 0 Å². The third kappa shape index (κ3) is 1.21. The molecule has 0 atom stereocenters. The molecule has 1 aromatic rings. The number of sulfonamides is 1. The predicted octanol–water partition coefficient (Wildman–Crippen LogP) is 0.602. The van der Waals surface area contributed by atoms with E-state index in [0.29, 0.717) is 11.1 Å². The SMILES string of the molecule is CN1C(=O)c2ccccc2CS1(=O)=O. The molecule has 14 heavy (non-hydrogen) atoms. The van der Waals surface area contributed by atoms with Crippen LogP contribution in [0, 0.1) is 0 Å². The summed E-state index contributed by atoms with van der Waals surface area (Å²) in [5.41, 5.74) is 1.06. The quantitative estimate of drug-likeness (QED) is 0.631. The van der Waals surface area contributed by atoms with Gasteiger partial charge in [-0.05, 0) is 11.6 Å². The fourth-order valence-corrected chi connectivity index (χ4v) is 2.63. The molecule has 0 saturated carbocycles. The average Bonchev–Trinajstić information content (AvgIpc) is 2.14. The van der Waals surface area contributed by atoms with Gasteiger partial charge in [0.15, 0.2) is 0 Å². The number of nitrogens with zero attached hydrogens (tertiary/aromatic N) is 1. The third-order valence-corrected chi connectivity index (χ3v) is 3.97. The lowest BCUT2D eigenvalue weighted by Crippen LogP contribution is -2.38. The third-order valence-electron chi connectivity index (χ3n) is 2.29. The number of hydrogen-bond acceptors (Lipinski definition) is 3. The molecular formula is C9H9NO3S. The molecule has 0 saturated heterocycles. The van der Waals surface area contributed by atoms with Crippen molar-refractivity contribution in [1.82, 2.24) is 4.31 Å². The van der Waals surface area contributed by atoms with E-state index in [2.05, 4.69) is 0 Å². The maximum Gasteiger partial charge on any atom is 0.267 e. The lowest BCUT2D eigenvalue weighted by atomic mass is 10.1. The molecule has 1 aliphatic heterocycles. The van der Waals surface area contributed by atoms with E-state index in [1.54, 1.807) is 24.3 Å². The van der Waals surface area contributed by atoms with E-state index in [0.717, 1.165) is 4.31 Å². The second-order valence-electron chi connectivity index (χ2n) is 3.19. The highest BCUT2D eigenvalue weighted by Gasteiger charge is 2.32. The Morgan fingerprint density at radius 2 is 1.93 bits per heavy atom. The molecule has 0 aromatic heterocycles. The summed E-state index contributed by atoms with van der Waals surface area (Å²) in [5, 5.41) is 0. The lowest BCUT2D eigenvalue weighted by Gasteiger charge is -2.24. The fourth-order valence-electron chi connectivity index (χ4n) is 1.44. The highest BCUT2D eigenvalue weighted by atomic mass is 32.2. The average molecular weight is 211 g/mol. The molecule has 0 fully saturated rings. The van der Waals surface area contributed by atoms with Gasteiger partial charge in [0.05, 0.1) is 5.75 Å². The molecular weight excluding hydrogens is 202 g/mol. The molecule has 0 spiro atoms. The van der Waals surface area contributed by atoms with E-state index in [-0.39, 0.29) is 5.75 Å². The van der Waals surface area contributed by atoms with Crippen molar-refractivity contribution in [2.75, 3.05) is 7.05 Å². The summed E-state index contributed by atoms with van der Waals surface area (Å²) >= 11 is 0. The molecule has 74 valence electrons. The zero-order valence-electron chi connectivity index (χ0n) is 7.60. The normalized spacial score (nSPS) is 19.2. The molecule has 1 aliphatic rings. The number of rotatable bonds is 0. The summed E-state index contributed by atoms with van der Waals surface area (Å²) < 4.78 is 23.7. The van der Waals surface area contributed by atoms with Crippen LogP contribution < -0.4 is 0 Å². The van der Waals surface area contributed by atoms with Crippen molar-refractivity contribution < 1.29 is 13.2 Å².